The SMILES string of the molecule is CC(C)(C)C(=O)/C(C#N)=C(\O)c1nccc2cc([N+](=O)[O-])ccc12. The summed E-state index contributed by atoms with van der Waals surface area (Å²) >= 11 is 0. The minimum absolute atomic E-state index is 0.0385. The number of Topliss-reactive ketones (excluding diaryl/α,β-unsaturated/α-hetero) is 1. The summed E-state index contributed by atoms with van der Waals surface area (Å²) in [7, 11) is 0. The number of pyridine rings is 1. The number of non-ortho nitro benzene ring substituents is 1. The van der Waals surface area contributed by atoms with E-state index in [4.69, 9.17) is 0 Å². The van der Waals surface area contributed by atoms with Crippen molar-refractivity contribution in [2.24, 2.45) is 5.41 Å². The van der Waals surface area contributed by atoms with Gasteiger partial charge in [0.1, 0.15) is 17.3 Å². The number of ketones is 1. The van der Waals surface area contributed by atoms with Crippen LogP contribution in [0.15, 0.2) is 36.0 Å². The Bertz CT molecular complexity index is 918. The standard InChI is InChI=1S/C17H15N3O4/c1-17(2,3)16(22)13(9-18)15(21)14-12-5-4-11(20(23)24)8-10(12)6-7-19-14/h4-8,21H,1-3H3/b15-13-. The van der Waals surface area contributed by atoms with Crippen molar-refractivity contribution in [3.63, 3.8) is 0 Å². The van der Waals surface area contributed by atoms with E-state index in [0.29, 0.717) is 10.8 Å². The molecule has 0 radical (unpaired) electrons. The van der Waals surface area contributed by atoms with Gasteiger partial charge in [0, 0.05) is 29.1 Å². The molecule has 0 unspecified atom stereocenters. The fraction of sp³-hybridized carbons (Fsp3) is 0.235. The van der Waals surface area contributed by atoms with Gasteiger partial charge in [-0.15, -0.1) is 0 Å². The second-order valence-electron chi connectivity index (χ2n) is 6.24. The van der Waals surface area contributed by atoms with Crippen molar-refractivity contribution in [2.45, 2.75) is 20.8 Å². The summed E-state index contributed by atoms with van der Waals surface area (Å²) in [6.07, 6.45) is 1.36. The van der Waals surface area contributed by atoms with E-state index >= 15 is 0 Å². The number of aliphatic hydroxyl groups is 1. The fourth-order valence-electron chi connectivity index (χ4n) is 2.17. The van der Waals surface area contributed by atoms with Crippen LogP contribution in [-0.4, -0.2) is 20.8 Å². The molecule has 1 aromatic carbocycles. The average molecular weight is 325 g/mol. The van der Waals surface area contributed by atoms with Gasteiger partial charge >= 0.3 is 0 Å². The van der Waals surface area contributed by atoms with E-state index in [2.05, 4.69) is 4.98 Å². The normalized spacial score (nSPS) is 12.4. The first-order valence-electron chi connectivity index (χ1n) is 7.08. The van der Waals surface area contributed by atoms with Crippen molar-refractivity contribution in [1.29, 1.82) is 5.26 Å². The van der Waals surface area contributed by atoms with E-state index in [1.165, 1.54) is 24.4 Å². The number of aromatic nitrogens is 1. The first-order chi connectivity index (χ1) is 11.2. The summed E-state index contributed by atoms with van der Waals surface area (Å²) in [5, 5.41) is 31.5. The van der Waals surface area contributed by atoms with E-state index in [-0.39, 0.29) is 17.0 Å². The smallest absolute Gasteiger partial charge is 0.270 e. The van der Waals surface area contributed by atoms with Gasteiger partial charge in [-0.05, 0) is 17.5 Å². The number of aliphatic hydroxyl groups excluding tert-OH is 1. The molecule has 1 N–H and O–H groups in total. The van der Waals surface area contributed by atoms with Gasteiger partial charge in [-0.2, -0.15) is 5.26 Å². The van der Waals surface area contributed by atoms with Crippen LogP contribution >= 0.6 is 0 Å². The van der Waals surface area contributed by atoms with Gasteiger partial charge < -0.3 is 5.11 Å². The predicted octanol–water partition coefficient (Wildman–Crippen LogP) is 3.55. The van der Waals surface area contributed by atoms with Crippen LogP contribution in [0, 0.1) is 26.9 Å². The van der Waals surface area contributed by atoms with Crippen molar-refractivity contribution in [2.75, 3.05) is 0 Å². The monoisotopic (exact) mass is 325 g/mol. The third kappa shape index (κ3) is 3.08. The first kappa shape index (κ1) is 17.1. The molecular weight excluding hydrogens is 310 g/mol. The highest BCUT2D eigenvalue weighted by Crippen LogP contribution is 2.29. The predicted molar refractivity (Wildman–Crippen MR) is 88.0 cm³/mol. The van der Waals surface area contributed by atoms with Crippen molar-refractivity contribution in [1.82, 2.24) is 4.98 Å². The van der Waals surface area contributed by atoms with Gasteiger partial charge in [0.2, 0.25) is 0 Å². The highest BCUT2D eigenvalue weighted by molar-refractivity contribution is 6.09. The van der Waals surface area contributed by atoms with Gasteiger partial charge in [-0.25, -0.2) is 0 Å². The summed E-state index contributed by atoms with van der Waals surface area (Å²) < 4.78 is 0. The lowest BCUT2D eigenvalue weighted by molar-refractivity contribution is -0.384. The van der Waals surface area contributed by atoms with Crippen molar-refractivity contribution >= 4 is 28.0 Å². The topological polar surface area (TPSA) is 117 Å². The zero-order valence-corrected chi connectivity index (χ0v) is 13.4. The summed E-state index contributed by atoms with van der Waals surface area (Å²) in [6, 6.07) is 7.33. The van der Waals surface area contributed by atoms with E-state index < -0.39 is 21.9 Å². The molecule has 0 aliphatic carbocycles. The minimum Gasteiger partial charge on any atom is -0.504 e. The van der Waals surface area contributed by atoms with Crippen molar-refractivity contribution in [3.8, 4) is 6.07 Å². The maximum atomic E-state index is 12.3. The minimum atomic E-state index is -0.845. The van der Waals surface area contributed by atoms with E-state index in [9.17, 15) is 25.3 Å². The molecule has 0 amide bonds. The molecular formula is C17H15N3O4. The molecule has 1 aromatic heterocycles. The Morgan fingerprint density at radius 1 is 1.33 bits per heavy atom. The van der Waals surface area contributed by atoms with Crippen molar-refractivity contribution in [3.05, 3.63) is 51.8 Å². The molecule has 0 fully saturated rings. The summed E-state index contributed by atoms with van der Waals surface area (Å²) in [5.41, 5.74) is -1.30. The Hall–Kier alpha value is -3.27. The van der Waals surface area contributed by atoms with Crippen molar-refractivity contribution < 1.29 is 14.8 Å². The zero-order chi connectivity index (χ0) is 18.1. The number of carbonyl (C=O) groups is 1. The molecule has 122 valence electrons. The number of nitrogens with zero attached hydrogens (tertiary/aromatic N) is 3. The molecule has 7 heteroatoms. The molecule has 2 rings (SSSR count). The zero-order valence-electron chi connectivity index (χ0n) is 13.4. The number of carbonyl (C=O) groups excluding carboxylic acids is 1. The number of rotatable bonds is 3. The summed E-state index contributed by atoms with van der Waals surface area (Å²) in [4.78, 5) is 26.7. The summed E-state index contributed by atoms with van der Waals surface area (Å²) in [6.45, 7) is 4.92. The van der Waals surface area contributed by atoms with Crippen LogP contribution in [0.25, 0.3) is 16.5 Å². The Morgan fingerprint density at radius 2 is 2.00 bits per heavy atom. The molecule has 0 bridgehead atoms. The second kappa shape index (κ2) is 6.08. The number of allylic oxidation sites excluding steroid dienone is 1. The lowest BCUT2D eigenvalue weighted by atomic mass is 9.85. The molecule has 0 saturated heterocycles. The first-order valence-corrected chi connectivity index (χ1v) is 7.08. The lowest BCUT2D eigenvalue weighted by Crippen LogP contribution is -2.22. The van der Waals surface area contributed by atoms with Gasteiger partial charge in [0.25, 0.3) is 5.69 Å². The molecule has 0 aliphatic rings. The van der Waals surface area contributed by atoms with Crippen LogP contribution < -0.4 is 0 Å². The van der Waals surface area contributed by atoms with Crippen LogP contribution in [0.5, 0.6) is 0 Å². The number of hydrogen-bond acceptors (Lipinski definition) is 6. The second-order valence-corrected chi connectivity index (χ2v) is 6.24. The number of benzene rings is 1. The van der Waals surface area contributed by atoms with Crippen LogP contribution in [0.4, 0.5) is 5.69 Å². The van der Waals surface area contributed by atoms with Gasteiger partial charge in [0.05, 0.1) is 4.92 Å². The maximum absolute atomic E-state index is 12.3. The van der Waals surface area contributed by atoms with Gasteiger partial charge in [0.15, 0.2) is 11.5 Å². The molecule has 0 spiro atoms. The number of nitriles is 1. The quantitative estimate of drug-likeness (QED) is 0.303. The van der Waals surface area contributed by atoms with Crippen LogP contribution in [0.1, 0.15) is 26.5 Å². The molecule has 0 aliphatic heterocycles. The summed E-state index contributed by atoms with van der Waals surface area (Å²) in [5.74, 6) is -1.04. The lowest BCUT2D eigenvalue weighted by Gasteiger charge is -2.16. The molecule has 0 saturated carbocycles. The number of fused-ring (bicyclic) bond motifs is 1. The molecule has 2 aromatic rings. The van der Waals surface area contributed by atoms with Crippen LogP contribution in [0.2, 0.25) is 0 Å². The highest BCUT2D eigenvalue weighted by Gasteiger charge is 2.29. The molecule has 24 heavy (non-hydrogen) atoms. The van der Waals surface area contributed by atoms with E-state index in [1.807, 2.05) is 0 Å². The average Bonchev–Trinajstić information content (AvgIpc) is 2.53. The Kier molecular flexibility index (Phi) is 4.33. The van der Waals surface area contributed by atoms with Gasteiger partial charge in [-0.1, -0.05) is 20.8 Å². The number of nitro groups is 1. The third-order valence-electron chi connectivity index (χ3n) is 3.44. The van der Waals surface area contributed by atoms with Crippen LogP contribution in [-0.2, 0) is 4.79 Å². The Balaban J connectivity index is 2.71. The Labute approximate surface area is 138 Å². The molecule has 1 heterocycles. The Morgan fingerprint density at radius 3 is 2.54 bits per heavy atom. The highest BCUT2D eigenvalue weighted by atomic mass is 16.6. The third-order valence-corrected chi connectivity index (χ3v) is 3.44. The van der Waals surface area contributed by atoms with E-state index in [1.54, 1.807) is 32.9 Å². The van der Waals surface area contributed by atoms with Gasteiger partial charge in [-0.3, -0.25) is 19.9 Å². The fourth-order valence-corrected chi connectivity index (χ4v) is 2.17. The van der Waals surface area contributed by atoms with Crippen LogP contribution in [0.3, 0.4) is 0 Å². The molecule has 7 nitrogen and oxygen atoms in total. The van der Waals surface area contributed by atoms with E-state index in [0.717, 1.165) is 0 Å². The number of nitro benzene ring substituents is 1. The largest absolute Gasteiger partial charge is 0.504 e. The number of hydrogen-bond donors (Lipinski definition) is 1. The molecule has 0 atom stereocenters. The maximum Gasteiger partial charge on any atom is 0.270 e.